The molecule has 5 rings (SSSR count). The molecule has 1 aliphatic rings. The highest BCUT2D eigenvalue weighted by Gasteiger charge is 2.45. The van der Waals surface area contributed by atoms with Crippen molar-refractivity contribution in [3.63, 3.8) is 0 Å². The van der Waals surface area contributed by atoms with E-state index in [-0.39, 0.29) is 21.5 Å². The van der Waals surface area contributed by atoms with Crippen LogP contribution in [0.2, 0.25) is 10.0 Å². The molecule has 1 atom stereocenters. The fraction of sp³-hybridized carbons (Fsp3) is 0.167. The molecule has 0 fully saturated rings. The number of halogens is 5. The predicted octanol–water partition coefficient (Wildman–Crippen LogP) is 6.23. The van der Waals surface area contributed by atoms with Crippen molar-refractivity contribution in [2.75, 3.05) is 6.61 Å². The molecule has 0 amide bonds. The van der Waals surface area contributed by atoms with Crippen molar-refractivity contribution in [1.82, 2.24) is 4.57 Å². The third kappa shape index (κ3) is 6.30. The number of ether oxygens (including phenoxy) is 2. The van der Waals surface area contributed by atoms with Gasteiger partial charge in [-0.2, -0.15) is 13.2 Å². The number of aromatic nitrogens is 1. The number of nitrogens with zero attached hydrogens (tertiary/aromatic N) is 2. The predicted molar refractivity (Wildman–Crippen MR) is 154 cm³/mol. The number of hydrogen-bond acceptors (Lipinski definition) is 6. The number of allylic oxidation sites excluding steroid dienone is 1. The van der Waals surface area contributed by atoms with Crippen LogP contribution in [0, 0.1) is 0 Å². The molecule has 1 aromatic heterocycles. The van der Waals surface area contributed by atoms with E-state index in [1.165, 1.54) is 31.2 Å². The Morgan fingerprint density at radius 2 is 1.62 bits per heavy atom. The number of fused-ring (bicyclic) bond motifs is 1. The van der Waals surface area contributed by atoms with Crippen molar-refractivity contribution in [3.8, 4) is 5.75 Å². The first kappa shape index (κ1) is 29.6. The summed E-state index contributed by atoms with van der Waals surface area (Å²) in [6.45, 7) is 1.64. The lowest BCUT2D eigenvalue weighted by Crippen LogP contribution is -2.41. The lowest BCUT2D eigenvalue weighted by Gasteiger charge is -2.26. The highest BCUT2D eigenvalue weighted by Crippen LogP contribution is 2.38. The van der Waals surface area contributed by atoms with Crippen LogP contribution in [-0.4, -0.2) is 23.3 Å². The molecule has 0 aliphatic carbocycles. The molecule has 12 heteroatoms. The van der Waals surface area contributed by atoms with Crippen LogP contribution in [0.4, 0.5) is 13.2 Å². The van der Waals surface area contributed by atoms with Crippen molar-refractivity contribution >= 4 is 46.6 Å². The van der Waals surface area contributed by atoms with Gasteiger partial charge in [-0.05, 0) is 66.1 Å². The first-order valence-corrected chi connectivity index (χ1v) is 14.2. The number of rotatable bonds is 7. The second kappa shape index (κ2) is 12.2. The van der Waals surface area contributed by atoms with Crippen LogP contribution in [0.25, 0.3) is 6.08 Å². The average Bonchev–Trinajstić information content (AvgIpc) is 3.27. The van der Waals surface area contributed by atoms with Crippen LogP contribution < -0.4 is 19.6 Å². The van der Waals surface area contributed by atoms with E-state index in [2.05, 4.69) is 4.99 Å². The molecule has 4 aromatic rings. The lowest BCUT2D eigenvalue weighted by molar-refractivity contribution is -0.140. The minimum Gasteiger partial charge on any atom is -0.489 e. The largest absolute Gasteiger partial charge is 0.489 e. The van der Waals surface area contributed by atoms with Gasteiger partial charge < -0.3 is 9.47 Å². The Morgan fingerprint density at radius 1 is 1.00 bits per heavy atom. The summed E-state index contributed by atoms with van der Waals surface area (Å²) >= 11 is 12.7. The Labute approximate surface area is 251 Å². The van der Waals surface area contributed by atoms with E-state index in [1.807, 2.05) is 12.1 Å². The van der Waals surface area contributed by atoms with Gasteiger partial charge in [-0.15, -0.1) is 0 Å². The number of benzene rings is 3. The molecule has 2 heterocycles. The van der Waals surface area contributed by atoms with Crippen molar-refractivity contribution in [2.24, 2.45) is 4.99 Å². The van der Waals surface area contributed by atoms with Gasteiger partial charge in [-0.25, -0.2) is 9.79 Å². The summed E-state index contributed by atoms with van der Waals surface area (Å²) in [5.41, 5.74) is -0.995. The maximum absolute atomic E-state index is 14.2. The SMILES string of the molecule is CCOC(=O)C1=C(C(F)(F)F)N=c2s/c(=C\c3ccc(OCc4ccc(Cl)cc4)cc3)c(=O)n2[C@@H]1c1ccc(Cl)cc1. The molecule has 0 bridgehead atoms. The van der Waals surface area contributed by atoms with Gasteiger partial charge >= 0.3 is 12.1 Å². The fourth-order valence-corrected chi connectivity index (χ4v) is 5.61. The molecule has 42 heavy (non-hydrogen) atoms. The van der Waals surface area contributed by atoms with Crippen molar-refractivity contribution < 1.29 is 27.4 Å². The summed E-state index contributed by atoms with van der Waals surface area (Å²) in [7, 11) is 0. The molecule has 6 nitrogen and oxygen atoms in total. The Balaban J connectivity index is 1.56. The summed E-state index contributed by atoms with van der Waals surface area (Å²) in [4.78, 5) is 30.1. The topological polar surface area (TPSA) is 69.9 Å². The van der Waals surface area contributed by atoms with E-state index in [4.69, 9.17) is 32.7 Å². The first-order chi connectivity index (χ1) is 20.0. The van der Waals surface area contributed by atoms with E-state index < -0.39 is 35.0 Å². The summed E-state index contributed by atoms with van der Waals surface area (Å²) in [6.07, 6.45) is -3.43. The van der Waals surface area contributed by atoms with Gasteiger partial charge in [0.2, 0.25) is 0 Å². The molecule has 0 saturated carbocycles. The quantitative estimate of drug-likeness (QED) is 0.227. The number of thiazole rings is 1. The molecule has 0 radical (unpaired) electrons. The Hall–Kier alpha value is -3.86. The zero-order chi connectivity index (χ0) is 30.0. The standard InChI is InChI=1S/C30H21Cl2F3N2O4S/c1-2-40-28(39)24-25(19-7-11-21(32)12-8-19)37-27(38)23(42-29(37)36-26(24)30(33,34)35)15-17-5-13-22(14-6-17)41-16-18-3-9-20(31)10-4-18/h3-15,25H,2,16H2,1H3/b23-15-/t25-/m1/s1. The molecule has 216 valence electrons. The van der Waals surface area contributed by atoms with Crippen LogP contribution in [0.1, 0.15) is 29.7 Å². The van der Waals surface area contributed by atoms with E-state index >= 15 is 0 Å². The summed E-state index contributed by atoms with van der Waals surface area (Å²) in [6, 6.07) is 18.6. The first-order valence-electron chi connectivity index (χ1n) is 12.6. The minimum absolute atomic E-state index is 0.133. The van der Waals surface area contributed by atoms with Gasteiger partial charge in [0.1, 0.15) is 12.4 Å². The number of alkyl halides is 3. The molecule has 3 aromatic carbocycles. The van der Waals surface area contributed by atoms with Crippen LogP contribution in [0.3, 0.4) is 0 Å². The summed E-state index contributed by atoms with van der Waals surface area (Å²) in [5.74, 6) is -0.628. The Bertz CT molecular complexity index is 1830. The van der Waals surface area contributed by atoms with Crippen LogP contribution in [0.5, 0.6) is 5.75 Å². The van der Waals surface area contributed by atoms with Crippen LogP contribution in [0.15, 0.2) is 93.9 Å². The highest BCUT2D eigenvalue weighted by molar-refractivity contribution is 7.07. The van der Waals surface area contributed by atoms with Gasteiger partial charge in [-0.1, -0.05) is 70.9 Å². The smallest absolute Gasteiger partial charge is 0.434 e. The average molecular weight is 633 g/mol. The third-order valence-corrected chi connectivity index (χ3v) is 7.76. The van der Waals surface area contributed by atoms with Gasteiger partial charge in [0.15, 0.2) is 10.5 Å². The van der Waals surface area contributed by atoms with Crippen LogP contribution >= 0.6 is 34.5 Å². The fourth-order valence-electron chi connectivity index (χ4n) is 4.36. The number of hydrogen-bond donors (Lipinski definition) is 0. The zero-order valence-corrected chi connectivity index (χ0v) is 24.2. The molecule has 1 aliphatic heterocycles. The van der Waals surface area contributed by atoms with E-state index in [9.17, 15) is 22.8 Å². The zero-order valence-electron chi connectivity index (χ0n) is 21.8. The van der Waals surface area contributed by atoms with Crippen molar-refractivity contribution in [3.05, 3.63) is 130 Å². The monoisotopic (exact) mass is 632 g/mol. The second-order valence-electron chi connectivity index (χ2n) is 9.10. The molecule has 0 saturated heterocycles. The van der Waals surface area contributed by atoms with Gasteiger partial charge in [-0.3, -0.25) is 9.36 Å². The maximum atomic E-state index is 14.2. The number of carbonyl (C=O) groups excluding carboxylic acids is 1. The molecular formula is C30H21Cl2F3N2O4S. The highest BCUT2D eigenvalue weighted by atomic mass is 35.5. The van der Waals surface area contributed by atoms with Crippen molar-refractivity contribution in [2.45, 2.75) is 25.7 Å². The normalized spacial score (nSPS) is 15.3. The summed E-state index contributed by atoms with van der Waals surface area (Å²) in [5, 5.41) is 0.962. The number of carbonyl (C=O) groups is 1. The van der Waals surface area contributed by atoms with Gasteiger partial charge in [0, 0.05) is 10.0 Å². The Kier molecular flexibility index (Phi) is 8.58. The van der Waals surface area contributed by atoms with Crippen LogP contribution in [-0.2, 0) is 16.1 Å². The lowest BCUT2D eigenvalue weighted by atomic mass is 9.95. The van der Waals surface area contributed by atoms with E-state index in [0.717, 1.165) is 21.5 Å². The van der Waals surface area contributed by atoms with Gasteiger partial charge in [0.05, 0.1) is 22.8 Å². The van der Waals surface area contributed by atoms with E-state index in [1.54, 1.807) is 42.5 Å². The van der Waals surface area contributed by atoms with E-state index in [0.29, 0.717) is 28.0 Å². The molecule has 0 spiro atoms. The third-order valence-electron chi connectivity index (χ3n) is 6.28. The maximum Gasteiger partial charge on any atom is 0.434 e. The van der Waals surface area contributed by atoms with Gasteiger partial charge in [0.25, 0.3) is 5.56 Å². The van der Waals surface area contributed by atoms with Crippen molar-refractivity contribution in [1.29, 1.82) is 0 Å². The molecule has 0 N–H and O–H groups in total. The number of esters is 1. The summed E-state index contributed by atoms with van der Waals surface area (Å²) < 4.78 is 54.7. The second-order valence-corrected chi connectivity index (χ2v) is 11.0. The Morgan fingerprint density at radius 3 is 2.21 bits per heavy atom. The minimum atomic E-state index is -4.98. The molecular weight excluding hydrogens is 612 g/mol. The molecule has 0 unspecified atom stereocenters.